The number of benzene rings is 1. The molecule has 15 atom stereocenters. The van der Waals surface area contributed by atoms with Crippen molar-refractivity contribution < 1.29 is 88.5 Å². The number of nitrogens with two attached hydrogens (primary N) is 5. The van der Waals surface area contributed by atoms with E-state index in [0.29, 0.717) is 50.7 Å². The number of amides is 6. The molecule has 0 aliphatic carbocycles. The van der Waals surface area contributed by atoms with E-state index in [1.165, 1.54) is 13.3 Å². The molecule has 14 N–H and O–H groups in total. The zero-order valence-corrected chi connectivity index (χ0v) is 56.2. The van der Waals surface area contributed by atoms with Crippen LogP contribution in [0.1, 0.15) is 150 Å². The van der Waals surface area contributed by atoms with Crippen molar-refractivity contribution >= 4 is 77.4 Å². The van der Waals surface area contributed by atoms with Crippen molar-refractivity contribution in [3.05, 3.63) is 75.8 Å². The van der Waals surface area contributed by atoms with Gasteiger partial charge in [0, 0.05) is 91.3 Å². The zero-order valence-electron chi connectivity index (χ0n) is 54.2. The molecule has 1 aromatic heterocycles. The first-order chi connectivity index (χ1) is 42.9. The van der Waals surface area contributed by atoms with E-state index in [1.807, 2.05) is 74.4 Å². The van der Waals surface area contributed by atoms with Crippen molar-refractivity contribution in [2.24, 2.45) is 83.1 Å². The number of carbonyl (C=O) groups is 7. The van der Waals surface area contributed by atoms with Crippen LogP contribution in [-0.2, 0) is 73.4 Å². The molecular formula is C63H86CoN13O15P. The maximum absolute atomic E-state index is 14.4. The fraction of sp³-hybridized carbons (Fsp3) is 0.619. The summed E-state index contributed by atoms with van der Waals surface area (Å²) in [5.41, 5.74) is 28.8. The number of hydrogen-bond acceptors (Lipinski definition) is 19. The van der Waals surface area contributed by atoms with E-state index in [9.17, 15) is 53.2 Å². The van der Waals surface area contributed by atoms with Gasteiger partial charge in [0.2, 0.25) is 35.4 Å². The van der Waals surface area contributed by atoms with Crippen LogP contribution in [0.25, 0.3) is 16.4 Å². The predicted octanol–water partition coefficient (Wildman–Crippen LogP) is 4.24. The van der Waals surface area contributed by atoms with Gasteiger partial charge in [-0.25, -0.2) is 9.55 Å². The van der Waals surface area contributed by atoms with E-state index in [0.717, 1.165) is 11.1 Å². The molecule has 2 aromatic rings. The van der Waals surface area contributed by atoms with Gasteiger partial charge in [0.05, 0.1) is 58.9 Å². The number of nitrogens with zero attached hydrogens (tertiary/aromatic N) is 7. The van der Waals surface area contributed by atoms with Crippen LogP contribution in [0.5, 0.6) is 0 Å². The Morgan fingerprint density at radius 3 is 2.10 bits per heavy atom. The number of fused-ring (bicyclic) bond motifs is 10. The third-order valence-electron chi connectivity index (χ3n) is 20.9. The standard InChI is InChI=1S/C62H87N12O15P.CN.Co/c1-29-20-37-38(21-30(29)2)74(28-69-37)56-51(83)52(39(27-75)86-56)89-90(84,85)88-31(3)26-68-47(81)17-18-58(8)36(22-45(66)79)55-61(11)59(9,24-46(67)80)35(13-15-43(64)77)50(73-61)33(5)54-60(10)25-48(82)87-62(60,19-16-44(65)78)41(71-54)23-40-57(6,7)34(12-14-42(63)76)49(70-40)32(4)53(58)72-55;1-2;/h20-21,23,28,31,34-36,39,51-52,55-56,75,83H,12-19,22,24-27H2,1-11H3,(H13,63,64,65,66,67,68,70,71,72,73,76,77,78,79,80,81,84,85);;/q;-1;+2/p-1/t31?,34-,35-,36+,39-,51-,52-,55-,56+,58-,59+,60-,61+,62+;;/m1../s1. The van der Waals surface area contributed by atoms with Crippen molar-refractivity contribution in [3.63, 3.8) is 0 Å². The number of imidazole rings is 1. The van der Waals surface area contributed by atoms with Gasteiger partial charge >= 0.3 is 30.6 Å². The summed E-state index contributed by atoms with van der Waals surface area (Å²) in [5.74, 6) is -6.67. The van der Waals surface area contributed by atoms with Crippen LogP contribution in [0.15, 0.2) is 67.8 Å². The molecule has 30 heteroatoms. The summed E-state index contributed by atoms with van der Waals surface area (Å²) in [6.45, 7) is 23.8. The first kappa shape index (κ1) is 73.4. The minimum absolute atomic E-state index is 0. The second kappa shape index (κ2) is 27.0. The number of ether oxygens (including phenoxy) is 2. The number of aliphatic hydroxyl groups is 2. The summed E-state index contributed by atoms with van der Waals surface area (Å²) >= 11 is 0. The van der Waals surface area contributed by atoms with Gasteiger partial charge in [-0.05, 0) is 120 Å². The average molecular weight is 1360 g/mol. The Morgan fingerprint density at radius 2 is 1.49 bits per heavy atom. The van der Waals surface area contributed by atoms with Gasteiger partial charge in [-0.15, -0.1) is 0 Å². The van der Waals surface area contributed by atoms with Crippen LogP contribution in [0, 0.1) is 65.1 Å². The number of aromatic nitrogens is 2. The van der Waals surface area contributed by atoms with Crippen LogP contribution >= 0.6 is 7.82 Å². The van der Waals surface area contributed by atoms with Crippen molar-refractivity contribution in [2.75, 3.05) is 13.2 Å². The molecule has 0 saturated carbocycles. The number of rotatable bonds is 24. The summed E-state index contributed by atoms with van der Waals surface area (Å²) < 4.78 is 38.7. The first-order valence-corrected chi connectivity index (χ1v) is 32.2. The second-order valence-corrected chi connectivity index (χ2v) is 28.5. The quantitative estimate of drug-likeness (QED) is 0.0403. The number of aliphatic imine (C=N–C) groups is 3. The van der Waals surface area contributed by atoms with E-state index in [-0.39, 0.29) is 99.7 Å². The van der Waals surface area contributed by atoms with Crippen molar-refractivity contribution in [1.29, 1.82) is 5.26 Å². The van der Waals surface area contributed by atoms with Crippen molar-refractivity contribution in [3.8, 4) is 0 Å². The molecule has 7 aliphatic rings. The molecule has 1 radical (unpaired) electrons. The van der Waals surface area contributed by atoms with E-state index in [4.69, 9.17) is 79.3 Å². The molecule has 2 unspecified atom stereocenters. The van der Waals surface area contributed by atoms with Crippen LogP contribution in [0.4, 0.5) is 0 Å². The Bertz CT molecular complexity index is 3670. The summed E-state index contributed by atoms with van der Waals surface area (Å²) in [6.07, 6.45) is -4.82. The summed E-state index contributed by atoms with van der Waals surface area (Å²) in [5, 5.41) is 36.5. The number of nitrogens with one attached hydrogen (secondary N) is 1. The number of aliphatic hydroxyl groups excluding tert-OH is 2. The summed E-state index contributed by atoms with van der Waals surface area (Å²) in [4.78, 5) is 126. The average Bonchev–Trinajstić information content (AvgIpc) is 1.53. The molecule has 0 spiro atoms. The fourth-order valence-corrected chi connectivity index (χ4v) is 16.8. The maximum atomic E-state index is 14.4. The number of allylic oxidation sites excluding steroid dienone is 4. The van der Waals surface area contributed by atoms with E-state index < -0.39 is 143 Å². The van der Waals surface area contributed by atoms with E-state index in [2.05, 4.69) is 10.3 Å². The molecule has 8 bridgehead atoms. The fourth-order valence-electron chi connectivity index (χ4n) is 15.7. The topological polar surface area (TPSA) is 469 Å². The van der Waals surface area contributed by atoms with E-state index >= 15 is 0 Å². The molecule has 7 aliphatic heterocycles. The van der Waals surface area contributed by atoms with Crippen molar-refractivity contribution in [2.45, 2.75) is 195 Å². The van der Waals surface area contributed by atoms with Crippen LogP contribution < -0.4 is 34.0 Å². The van der Waals surface area contributed by atoms with Crippen molar-refractivity contribution in [1.82, 2.24) is 14.9 Å². The molecule has 3 saturated heterocycles. The van der Waals surface area contributed by atoms with Gasteiger partial charge in [-0.3, -0.25) is 57.6 Å². The first-order valence-electron chi connectivity index (χ1n) is 30.7. The smallest absolute Gasteiger partial charge is 0.682 e. The molecule has 9 rings (SSSR count). The number of primary amides is 5. The Balaban J connectivity index is 0.00000404. The molecule has 1 aromatic carbocycles. The Hall–Kier alpha value is -7.00. The molecule has 507 valence electrons. The summed E-state index contributed by atoms with van der Waals surface area (Å²) in [7, 11) is -5.07. The Morgan fingerprint density at radius 1 is 0.871 bits per heavy atom. The van der Waals surface area contributed by atoms with Crippen LogP contribution in [0.2, 0.25) is 0 Å². The number of phosphoric ester groups is 1. The number of carbonyl (C=O) groups excluding carboxylic acids is 7. The number of aryl methyl sites for hydroxylation is 2. The molecule has 3 fully saturated rings. The maximum Gasteiger partial charge on any atom is 2.00 e. The van der Waals surface area contributed by atoms with Gasteiger partial charge in [-0.1, -0.05) is 33.7 Å². The van der Waals surface area contributed by atoms with Gasteiger partial charge in [0.15, 0.2) is 11.8 Å². The zero-order chi connectivity index (χ0) is 68.3. The number of esters is 1. The molecule has 28 nitrogen and oxygen atoms in total. The van der Waals surface area contributed by atoms with Gasteiger partial charge in [0.1, 0.15) is 18.3 Å². The van der Waals surface area contributed by atoms with E-state index in [1.54, 1.807) is 17.6 Å². The molecule has 8 heterocycles. The van der Waals surface area contributed by atoms with Gasteiger partial charge in [-0.2, -0.15) is 5.70 Å². The Labute approximate surface area is 550 Å². The minimum Gasteiger partial charge on any atom is -0.682 e. The van der Waals surface area contributed by atoms with Gasteiger partial charge < -0.3 is 80.3 Å². The SMILES string of the molecule is C/C1=C2/[N-][C@H]([C@H](CC(N)=O)[C@@]2(C)CCC(=O)NCC(C)OP(=O)(O)O[C@H]2[C@@H](O)[C@@H](n3cnc4cc(C)c(C)cc43)O[C@@H]2CO)[C@]2(C)N=C(\C(C)=C3/N=C(\C=C4N=C1[C@@H](CCC(N)=O)C/4(C)C)[C@]1(CCC(N)=O)OC(=O)C[C@]31C)[C@@H](CCC(N)=O)[C@]2(C)CC(N)=O.[C-]#N.[Co+2]. The third kappa shape index (κ3) is 13.2. The van der Waals surface area contributed by atoms with Gasteiger partial charge in [0.25, 0.3) is 0 Å². The second-order valence-electron chi connectivity index (χ2n) is 27.1. The predicted molar refractivity (Wildman–Crippen MR) is 335 cm³/mol. The third-order valence-corrected chi connectivity index (χ3v) is 22.1. The minimum atomic E-state index is -5.07. The monoisotopic (exact) mass is 1350 g/mol. The Kier molecular flexibility index (Phi) is 21.3. The molecule has 6 amide bonds. The number of hydrogen-bond donors (Lipinski definition) is 9. The number of phosphoric acid groups is 1. The largest absolute Gasteiger partial charge is 2.00 e. The molecule has 93 heavy (non-hydrogen) atoms. The summed E-state index contributed by atoms with van der Waals surface area (Å²) in [6, 6.07) is 2.69. The normalized spacial score (nSPS) is 34.5. The van der Waals surface area contributed by atoms with Crippen LogP contribution in [-0.4, -0.2) is 138 Å². The van der Waals surface area contributed by atoms with Crippen LogP contribution in [0.3, 0.4) is 0 Å². The molecular weight excluding hydrogens is 1270 g/mol.